The van der Waals surface area contributed by atoms with Crippen molar-refractivity contribution in [3.8, 4) is 0 Å². The molecule has 0 N–H and O–H groups in total. The van der Waals surface area contributed by atoms with Gasteiger partial charge >= 0.3 is 6.09 Å². The summed E-state index contributed by atoms with van der Waals surface area (Å²) in [4.78, 5) is 13.4. The molecule has 1 heterocycles. The molecule has 0 aromatic carbocycles. The summed E-state index contributed by atoms with van der Waals surface area (Å²) in [5, 5.41) is 0. The first kappa shape index (κ1) is 10.5. The van der Waals surface area contributed by atoms with Crippen molar-refractivity contribution in [1.82, 2.24) is 4.90 Å². The van der Waals surface area contributed by atoms with Crippen molar-refractivity contribution in [1.29, 1.82) is 0 Å². The van der Waals surface area contributed by atoms with Crippen molar-refractivity contribution in [2.45, 2.75) is 39.2 Å². The Morgan fingerprint density at radius 1 is 1.53 bits per heavy atom. The molecule has 0 spiro atoms. The van der Waals surface area contributed by atoms with Crippen LogP contribution >= 0.6 is 0 Å². The van der Waals surface area contributed by atoms with E-state index in [1.807, 2.05) is 0 Å². The summed E-state index contributed by atoms with van der Waals surface area (Å²) < 4.78 is 5.25. The standard InChI is InChI=1S/C12H19NO2/c1-9(2)10-5-7-13(8-6-10)12(14)15-11-3-4-11/h5,9,11H,3-4,6-8H2,1-2H3. The van der Waals surface area contributed by atoms with Crippen molar-refractivity contribution >= 4 is 6.09 Å². The smallest absolute Gasteiger partial charge is 0.410 e. The highest BCUT2D eigenvalue weighted by Crippen LogP contribution is 2.25. The molecule has 0 aromatic heterocycles. The van der Waals surface area contributed by atoms with Crippen LogP contribution < -0.4 is 0 Å². The van der Waals surface area contributed by atoms with E-state index >= 15 is 0 Å². The molecule has 1 saturated carbocycles. The lowest BCUT2D eigenvalue weighted by molar-refractivity contribution is 0.0983. The Bertz CT molecular complexity index is 279. The summed E-state index contributed by atoms with van der Waals surface area (Å²) in [5.74, 6) is 0.603. The van der Waals surface area contributed by atoms with Crippen LogP contribution in [0.25, 0.3) is 0 Å². The molecule has 3 nitrogen and oxygen atoms in total. The van der Waals surface area contributed by atoms with Gasteiger partial charge in [0, 0.05) is 13.1 Å². The first-order chi connectivity index (χ1) is 7.16. The number of nitrogens with zero attached hydrogens (tertiary/aromatic N) is 1. The maximum absolute atomic E-state index is 11.6. The van der Waals surface area contributed by atoms with Crippen LogP contribution in [0.5, 0.6) is 0 Å². The number of ether oxygens (including phenoxy) is 1. The monoisotopic (exact) mass is 209 g/mol. The fourth-order valence-electron chi connectivity index (χ4n) is 1.78. The Morgan fingerprint density at radius 2 is 2.27 bits per heavy atom. The molecular weight excluding hydrogens is 190 g/mol. The van der Waals surface area contributed by atoms with Crippen LogP contribution in [0.1, 0.15) is 33.1 Å². The summed E-state index contributed by atoms with van der Waals surface area (Å²) in [5.41, 5.74) is 1.46. The summed E-state index contributed by atoms with van der Waals surface area (Å²) >= 11 is 0. The van der Waals surface area contributed by atoms with Crippen LogP contribution in [0.15, 0.2) is 11.6 Å². The molecule has 1 aliphatic heterocycles. The molecule has 0 unspecified atom stereocenters. The van der Waals surface area contributed by atoms with E-state index in [-0.39, 0.29) is 12.2 Å². The lowest BCUT2D eigenvalue weighted by Gasteiger charge is -2.27. The van der Waals surface area contributed by atoms with Gasteiger partial charge in [-0.15, -0.1) is 0 Å². The molecule has 84 valence electrons. The van der Waals surface area contributed by atoms with Gasteiger partial charge in [0.05, 0.1) is 0 Å². The summed E-state index contributed by atoms with van der Waals surface area (Å²) in [7, 11) is 0. The molecule has 1 amide bonds. The first-order valence-corrected chi connectivity index (χ1v) is 5.81. The third kappa shape index (κ3) is 2.74. The molecule has 3 heteroatoms. The Kier molecular flexibility index (Phi) is 2.98. The largest absolute Gasteiger partial charge is 0.446 e. The van der Waals surface area contributed by atoms with Gasteiger partial charge in [0.2, 0.25) is 0 Å². The minimum Gasteiger partial charge on any atom is -0.446 e. The van der Waals surface area contributed by atoms with E-state index in [0.717, 1.165) is 32.4 Å². The number of hydrogen-bond donors (Lipinski definition) is 0. The van der Waals surface area contributed by atoms with Crippen molar-refractivity contribution in [2.75, 3.05) is 13.1 Å². The van der Waals surface area contributed by atoms with E-state index in [2.05, 4.69) is 19.9 Å². The van der Waals surface area contributed by atoms with E-state index in [4.69, 9.17) is 4.74 Å². The van der Waals surface area contributed by atoms with Gasteiger partial charge in [-0.25, -0.2) is 4.79 Å². The van der Waals surface area contributed by atoms with Crippen LogP contribution in [-0.4, -0.2) is 30.2 Å². The SMILES string of the molecule is CC(C)C1=CCN(C(=O)OC2CC2)CC1. The topological polar surface area (TPSA) is 29.5 Å². The van der Waals surface area contributed by atoms with Crippen LogP contribution in [0, 0.1) is 5.92 Å². The zero-order valence-corrected chi connectivity index (χ0v) is 9.53. The van der Waals surface area contributed by atoms with Gasteiger partial charge in [-0.1, -0.05) is 25.5 Å². The van der Waals surface area contributed by atoms with Gasteiger partial charge < -0.3 is 9.64 Å². The molecular formula is C12H19NO2. The highest BCUT2D eigenvalue weighted by molar-refractivity contribution is 5.68. The molecule has 0 bridgehead atoms. The van der Waals surface area contributed by atoms with E-state index in [1.54, 1.807) is 4.90 Å². The normalized spacial score (nSPS) is 21.5. The molecule has 2 rings (SSSR count). The molecule has 0 saturated heterocycles. The Balaban J connectivity index is 1.83. The minimum atomic E-state index is -0.128. The zero-order valence-electron chi connectivity index (χ0n) is 9.53. The predicted molar refractivity (Wildman–Crippen MR) is 58.6 cm³/mol. The number of hydrogen-bond acceptors (Lipinski definition) is 2. The second-order valence-electron chi connectivity index (χ2n) is 4.71. The molecule has 1 fully saturated rings. The number of amides is 1. The average molecular weight is 209 g/mol. The Morgan fingerprint density at radius 3 is 2.73 bits per heavy atom. The van der Waals surface area contributed by atoms with Gasteiger partial charge in [0.15, 0.2) is 0 Å². The zero-order chi connectivity index (χ0) is 10.8. The fraction of sp³-hybridized carbons (Fsp3) is 0.750. The lowest BCUT2D eigenvalue weighted by atomic mass is 9.97. The summed E-state index contributed by atoms with van der Waals surface area (Å²) in [6.07, 6.45) is 5.35. The van der Waals surface area contributed by atoms with Crippen molar-refractivity contribution in [3.63, 3.8) is 0 Å². The molecule has 0 aromatic rings. The van der Waals surface area contributed by atoms with Gasteiger partial charge in [0.1, 0.15) is 6.10 Å². The van der Waals surface area contributed by atoms with Gasteiger partial charge in [-0.3, -0.25) is 0 Å². The molecule has 0 atom stereocenters. The minimum absolute atomic E-state index is 0.128. The van der Waals surface area contributed by atoms with Crippen molar-refractivity contribution in [2.24, 2.45) is 5.92 Å². The molecule has 2 aliphatic rings. The maximum Gasteiger partial charge on any atom is 0.410 e. The summed E-state index contributed by atoms with van der Waals surface area (Å²) in [6.45, 7) is 5.93. The highest BCUT2D eigenvalue weighted by atomic mass is 16.6. The van der Waals surface area contributed by atoms with Crippen LogP contribution in [-0.2, 0) is 4.74 Å². The number of carbonyl (C=O) groups is 1. The number of carbonyl (C=O) groups excluding carboxylic acids is 1. The van der Waals surface area contributed by atoms with E-state index in [9.17, 15) is 4.79 Å². The third-order valence-corrected chi connectivity index (χ3v) is 3.04. The maximum atomic E-state index is 11.6. The van der Waals surface area contributed by atoms with Gasteiger partial charge in [0.25, 0.3) is 0 Å². The van der Waals surface area contributed by atoms with Crippen molar-refractivity contribution in [3.05, 3.63) is 11.6 Å². The van der Waals surface area contributed by atoms with Gasteiger partial charge in [-0.2, -0.15) is 0 Å². The second-order valence-corrected chi connectivity index (χ2v) is 4.71. The Labute approximate surface area is 91.1 Å². The third-order valence-electron chi connectivity index (χ3n) is 3.04. The fourth-order valence-corrected chi connectivity index (χ4v) is 1.78. The molecule has 15 heavy (non-hydrogen) atoms. The number of rotatable bonds is 2. The lowest BCUT2D eigenvalue weighted by Crippen LogP contribution is -2.36. The summed E-state index contributed by atoms with van der Waals surface area (Å²) in [6, 6.07) is 0. The van der Waals surface area contributed by atoms with E-state index in [0.29, 0.717) is 5.92 Å². The quantitative estimate of drug-likeness (QED) is 0.654. The molecule has 1 aliphatic carbocycles. The van der Waals surface area contributed by atoms with Crippen molar-refractivity contribution < 1.29 is 9.53 Å². The first-order valence-electron chi connectivity index (χ1n) is 5.81. The highest BCUT2D eigenvalue weighted by Gasteiger charge is 2.29. The average Bonchev–Trinajstić information content (AvgIpc) is 3.02. The van der Waals surface area contributed by atoms with Crippen LogP contribution in [0.4, 0.5) is 4.79 Å². The Hall–Kier alpha value is -0.990. The van der Waals surface area contributed by atoms with Gasteiger partial charge in [-0.05, 0) is 25.2 Å². The van der Waals surface area contributed by atoms with Crippen LogP contribution in [0.2, 0.25) is 0 Å². The molecule has 0 radical (unpaired) electrons. The predicted octanol–water partition coefficient (Wildman–Crippen LogP) is 2.57. The second kappa shape index (κ2) is 4.25. The van der Waals surface area contributed by atoms with E-state index in [1.165, 1.54) is 5.57 Å². The van der Waals surface area contributed by atoms with Crippen LogP contribution in [0.3, 0.4) is 0 Å². The van der Waals surface area contributed by atoms with E-state index < -0.39 is 0 Å².